The van der Waals surface area contributed by atoms with Gasteiger partial charge < -0.3 is 14.4 Å². The number of ether oxygens (including phenoxy) is 2. The zero-order valence-corrected chi connectivity index (χ0v) is 13.0. The predicted molar refractivity (Wildman–Crippen MR) is 73.8 cm³/mol. The lowest BCUT2D eigenvalue weighted by molar-refractivity contribution is -0.156. The molecule has 0 aliphatic carbocycles. The van der Waals surface area contributed by atoms with Gasteiger partial charge in [-0.2, -0.15) is 0 Å². The van der Waals surface area contributed by atoms with E-state index in [1.54, 1.807) is 11.9 Å². The van der Waals surface area contributed by atoms with Gasteiger partial charge in [-0.3, -0.25) is 9.59 Å². The van der Waals surface area contributed by atoms with Crippen LogP contribution < -0.4 is 0 Å². The van der Waals surface area contributed by atoms with Crippen molar-refractivity contribution in [3.8, 4) is 0 Å². The van der Waals surface area contributed by atoms with E-state index in [9.17, 15) is 9.59 Å². The molecule has 1 amide bonds. The third kappa shape index (κ3) is 10.5. The van der Waals surface area contributed by atoms with Crippen LogP contribution in [0.4, 0.5) is 0 Å². The Morgan fingerprint density at radius 1 is 1.16 bits per heavy atom. The first-order valence-corrected chi connectivity index (χ1v) is 6.69. The summed E-state index contributed by atoms with van der Waals surface area (Å²) in [4.78, 5) is 24.8. The molecular formula is C14H27NO4. The first-order valence-electron chi connectivity index (χ1n) is 6.69. The molecule has 0 saturated heterocycles. The van der Waals surface area contributed by atoms with Gasteiger partial charge in [0.25, 0.3) is 0 Å². The lowest BCUT2D eigenvalue weighted by Gasteiger charge is -2.20. The molecule has 5 nitrogen and oxygen atoms in total. The largest absolute Gasteiger partial charge is 0.460 e. The van der Waals surface area contributed by atoms with Gasteiger partial charge in [-0.1, -0.05) is 0 Å². The van der Waals surface area contributed by atoms with E-state index in [4.69, 9.17) is 9.47 Å². The second-order valence-electron chi connectivity index (χ2n) is 5.82. The lowest BCUT2D eigenvalue weighted by atomic mass is 10.2. The first-order chi connectivity index (χ1) is 8.61. The van der Waals surface area contributed by atoms with Crippen molar-refractivity contribution in [3.63, 3.8) is 0 Å². The van der Waals surface area contributed by atoms with Crippen molar-refractivity contribution in [2.24, 2.45) is 0 Å². The molecule has 0 rings (SSSR count). The average Bonchev–Trinajstić information content (AvgIpc) is 2.22. The van der Waals surface area contributed by atoms with Gasteiger partial charge in [0.15, 0.2) is 0 Å². The van der Waals surface area contributed by atoms with Crippen molar-refractivity contribution in [1.29, 1.82) is 0 Å². The Morgan fingerprint density at radius 2 is 1.74 bits per heavy atom. The summed E-state index contributed by atoms with van der Waals surface area (Å²) in [6.07, 6.45) is 0.448. The Morgan fingerprint density at radius 3 is 2.21 bits per heavy atom. The third-order valence-corrected chi connectivity index (χ3v) is 2.27. The van der Waals surface area contributed by atoms with Crippen molar-refractivity contribution < 1.29 is 19.1 Å². The van der Waals surface area contributed by atoms with Crippen LogP contribution in [0.15, 0.2) is 0 Å². The van der Waals surface area contributed by atoms with Crippen molar-refractivity contribution >= 4 is 11.9 Å². The molecule has 0 N–H and O–H groups in total. The molecule has 0 heterocycles. The molecule has 0 bridgehead atoms. The number of nitrogens with zero attached hydrogens (tertiary/aromatic N) is 1. The monoisotopic (exact) mass is 273 g/mol. The number of rotatable bonds is 7. The van der Waals surface area contributed by atoms with E-state index in [0.717, 1.165) is 0 Å². The molecule has 0 unspecified atom stereocenters. The van der Waals surface area contributed by atoms with E-state index >= 15 is 0 Å². The van der Waals surface area contributed by atoms with E-state index in [-0.39, 0.29) is 30.8 Å². The number of likely N-dealkylation sites (N-methyl/N-ethyl adjacent to an activating group) is 1. The smallest absolute Gasteiger partial charge is 0.306 e. The number of carbonyl (C=O) groups is 2. The molecule has 0 atom stereocenters. The molecular weight excluding hydrogens is 246 g/mol. The maximum atomic E-state index is 11.8. The maximum Gasteiger partial charge on any atom is 0.306 e. The predicted octanol–water partition coefficient (Wildman–Crippen LogP) is 1.99. The van der Waals surface area contributed by atoms with Crippen molar-refractivity contribution in [3.05, 3.63) is 0 Å². The molecule has 0 radical (unpaired) electrons. The average molecular weight is 273 g/mol. The molecule has 0 aliphatic heterocycles. The zero-order valence-electron chi connectivity index (χ0n) is 13.0. The highest BCUT2D eigenvalue weighted by atomic mass is 16.6. The number of esters is 1. The highest BCUT2D eigenvalue weighted by Crippen LogP contribution is 2.09. The van der Waals surface area contributed by atoms with Gasteiger partial charge in [-0.05, 0) is 34.6 Å². The summed E-state index contributed by atoms with van der Waals surface area (Å²) in [5.74, 6) is -0.411. The second-order valence-corrected chi connectivity index (χ2v) is 5.82. The van der Waals surface area contributed by atoms with Gasteiger partial charge in [-0.15, -0.1) is 0 Å². The fraction of sp³-hybridized carbons (Fsp3) is 0.857. The van der Waals surface area contributed by atoms with Gasteiger partial charge in [0.1, 0.15) is 5.60 Å². The highest BCUT2D eigenvalue weighted by Gasteiger charge is 2.18. The summed E-state index contributed by atoms with van der Waals surface area (Å²) >= 11 is 0. The SMILES string of the molecule is CC(C)OCCN(C)C(=O)CCC(=O)OC(C)(C)C. The quantitative estimate of drug-likeness (QED) is 0.666. The van der Waals surface area contributed by atoms with E-state index in [0.29, 0.717) is 13.2 Å². The molecule has 0 aromatic heterocycles. The zero-order chi connectivity index (χ0) is 15.1. The van der Waals surface area contributed by atoms with Gasteiger partial charge >= 0.3 is 5.97 Å². The number of hydrogen-bond donors (Lipinski definition) is 0. The van der Waals surface area contributed by atoms with E-state index in [2.05, 4.69) is 0 Å². The molecule has 0 aromatic rings. The summed E-state index contributed by atoms with van der Waals surface area (Å²) in [5.41, 5.74) is -0.503. The van der Waals surface area contributed by atoms with Crippen LogP contribution in [-0.2, 0) is 19.1 Å². The van der Waals surface area contributed by atoms with Crippen molar-refractivity contribution in [2.45, 2.75) is 59.2 Å². The molecule has 5 heteroatoms. The lowest BCUT2D eigenvalue weighted by Crippen LogP contribution is -2.31. The number of amides is 1. The Labute approximate surface area is 116 Å². The fourth-order valence-electron chi connectivity index (χ4n) is 1.34. The number of hydrogen-bond acceptors (Lipinski definition) is 4. The van der Waals surface area contributed by atoms with Crippen LogP contribution in [0.5, 0.6) is 0 Å². The van der Waals surface area contributed by atoms with Crippen LogP contribution in [0, 0.1) is 0 Å². The van der Waals surface area contributed by atoms with Gasteiger partial charge in [0.2, 0.25) is 5.91 Å². The molecule has 112 valence electrons. The van der Waals surface area contributed by atoms with Gasteiger partial charge in [0.05, 0.1) is 19.1 Å². The van der Waals surface area contributed by atoms with Crippen LogP contribution >= 0.6 is 0 Å². The molecule has 0 aromatic carbocycles. The minimum atomic E-state index is -0.503. The van der Waals surface area contributed by atoms with E-state index < -0.39 is 5.60 Å². The Hall–Kier alpha value is -1.10. The second kappa shape index (κ2) is 8.15. The summed E-state index contributed by atoms with van der Waals surface area (Å²) in [6, 6.07) is 0. The van der Waals surface area contributed by atoms with Crippen molar-refractivity contribution in [2.75, 3.05) is 20.2 Å². The van der Waals surface area contributed by atoms with E-state index in [1.807, 2.05) is 34.6 Å². The summed E-state index contributed by atoms with van der Waals surface area (Å²) in [6.45, 7) is 10.4. The maximum absolute atomic E-state index is 11.8. The van der Waals surface area contributed by atoms with Crippen LogP contribution in [0.2, 0.25) is 0 Å². The fourth-order valence-corrected chi connectivity index (χ4v) is 1.34. The minimum Gasteiger partial charge on any atom is -0.460 e. The summed E-state index contributed by atoms with van der Waals surface area (Å²) < 4.78 is 10.5. The normalized spacial score (nSPS) is 11.5. The highest BCUT2D eigenvalue weighted by molar-refractivity contribution is 5.81. The number of carbonyl (C=O) groups excluding carboxylic acids is 2. The Kier molecular flexibility index (Phi) is 7.68. The summed E-state index contributed by atoms with van der Waals surface area (Å²) in [7, 11) is 1.71. The molecule has 19 heavy (non-hydrogen) atoms. The molecule has 0 saturated carbocycles. The Bertz CT molecular complexity index is 294. The molecule has 0 fully saturated rings. The van der Waals surface area contributed by atoms with Gasteiger partial charge in [0, 0.05) is 20.0 Å². The van der Waals surface area contributed by atoms with Crippen LogP contribution in [0.25, 0.3) is 0 Å². The standard InChI is InChI=1S/C14H27NO4/c1-11(2)18-10-9-15(6)12(16)7-8-13(17)19-14(3,4)5/h11H,7-10H2,1-6H3. The summed E-state index contributed by atoms with van der Waals surface area (Å²) in [5, 5.41) is 0. The van der Waals surface area contributed by atoms with E-state index in [1.165, 1.54) is 0 Å². The molecule has 0 spiro atoms. The van der Waals surface area contributed by atoms with Crippen molar-refractivity contribution in [1.82, 2.24) is 4.90 Å². The first kappa shape index (κ1) is 17.9. The molecule has 0 aliphatic rings. The minimum absolute atomic E-state index is 0.0711. The topological polar surface area (TPSA) is 55.8 Å². The van der Waals surface area contributed by atoms with Gasteiger partial charge in [-0.25, -0.2) is 0 Å². The van der Waals surface area contributed by atoms with Crippen LogP contribution in [-0.4, -0.2) is 48.7 Å². The third-order valence-electron chi connectivity index (χ3n) is 2.27. The Balaban J connectivity index is 3.87. The van der Waals surface area contributed by atoms with Crippen LogP contribution in [0.3, 0.4) is 0 Å². The van der Waals surface area contributed by atoms with Crippen LogP contribution in [0.1, 0.15) is 47.5 Å².